The zero-order valence-electron chi connectivity index (χ0n) is 8.44. The molecule has 1 radical (unpaired) electrons. The Morgan fingerprint density at radius 3 is 2.86 bits per heavy atom. The Bertz CT molecular complexity index is 268. The van der Waals surface area contributed by atoms with Gasteiger partial charge in [-0.2, -0.15) is 0 Å². The number of anilines is 1. The molecule has 0 amide bonds. The first-order chi connectivity index (χ1) is 6.90. The Hall–Kier alpha value is -1.09. The third kappa shape index (κ3) is 2.04. The molecule has 1 fully saturated rings. The van der Waals surface area contributed by atoms with Gasteiger partial charge in [-0.1, -0.05) is 0 Å². The summed E-state index contributed by atoms with van der Waals surface area (Å²) in [6.45, 7) is 2.08. The highest BCUT2D eigenvalue weighted by molar-refractivity contribution is 5.42. The molecule has 75 valence electrons. The van der Waals surface area contributed by atoms with E-state index in [1.54, 1.807) is 13.3 Å². The van der Waals surface area contributed by atoms with Crippen molar-refractivity contribution in [2.24, 2.45) is 0 Å². The standard InChI is InChI=1S/C11H15N2O/c1-14-11-4-7-13(8-5-11)10-3-2-6-12-9-10/h2-3,6,11H,4-5,7-8H2,1H3. The minimum atomic E-state index is 0.433. The van der Waals surface area contributed by atoms with E-state index in [0.29, 0.717) is 6.10 Å². The van der Waals surface area contributed by atoms with Crippen LogP contribution in [0.1, 0.15) is 12.8 Å². The number of ether oxygens (including phenoxy) is 1. The molecule has 1 aliphatic heterocycles. The van der Waals surface area contributed by atoms with Crippen molar-refractivity contribution in [1.29, 1.82) is 0 Å². The van der Waals surface area contributed by atoms with Gasteiger partial charge in [0.15, 0.2) is 0 Å². The summed E-state index contributed by atoms with van der Waals surface area (Å²) in [7, 11) is 1.79. The molecule has 0 N–H and O–H groups in total. The van der Waals surface area contributed by atoms with Gasteiger partial charge in [-0.05, 0) is 25.0 Å². The van der Waals surface area contributed by atoms with Gasteiger partial charge in [0, 0.05) is 26.4 Å². The summed E-state index contributed by atoms with van der Waals surface area (Å²) in [5, 5.41) is 0. The third-order valence-electron chi connectivity index (χ3n) is 2.71. The molecule has 0 bridgehead atoms. The molecule has 0 aromatic carbocycles. The van der Waals surface area contributed by atoms with Gasteiger partial charge in [-0.3, -0.25) is 4.98 Å². The van der Waals surface area contributed by atoms with Crippen LogP contribution in [0.3, 0.4) is 0 Å². The number of hydrogen-bond acceptors (Lipinski definition) is 3. The van der Waals surface area contributed by atoms with Gasteiger partial charge in [0.2, 0.25) is 0 Å². The van der Waals surface area contributed by atoms with Crippen molar-refractivity contribution < 1.29 is 4.74 Å². The smallest absolute Gasteiger partial charge is 0.114 e. The van der Waals surface area contributed by atoms with Crippen molar-refractivity contribution >= 4 is 5.69 Å². The lowest BCUT2D eigenvalue weighted by atomic mass is 10.1. The minimum absolute atomic E-state index is 0.433. The summed E-state index contributed by atoms with van der Waals surface area (Å²) in [5.41, 5.74) is 1.10. The van der Waals surface area contributed by atoms with Crippen LogP contribution < -0.4 is 4.90 Å². The van der Waals surface area contributed by atoms with E-state index < -0.39 is 0 Å². The maximum atomic E-state index is 5.32. The first kappa shape index (κ1) is 9.46. The quantitative estimate of drug-likeness (QED) is 0.708. The van der Waals surface area contributed by atoms with Crippen molar-refractivity contribution in [3.8, 4) is 0 Å². The molecule has 0 aliphatic carbocycles. The number of hydrogen-bond donors (Lipinski definition) is 0. The maximum Gasteiger partial charge on any atom is 0.114 e. The van der Waals surface area contributed by atoms with Gasteiger partial charge in [0.25, 0.3) is 0 Å². The minimum Gasteiger partial charge on any atom is -0.381 e. The van der Waals surface area contributed by atoms with Crippen LogP contribution in [0.25, 0.3) is 0 Å². The van der Waals surface area contributed by atoms with Gasteiger partial charge in [-0.15, -0.1) is 0 Å². The van der Waals surface area contributed by atoms with E-state index in [0.717, 1.165) is 31.6 Å². The van der Waals surface area contributed by atoms with Crippen molar-refractivity contribution in [2.45, 2.75) is 18.9 Å². The van der Waals surface area contributed by atoms with Crippen LogP contribution in [-0.2, 0) is 4.74 Å². The lowest BCUT2D eigenvalue weighted by Crippen LogP contribution is -2.36. The molecule has 3 nitrogen and oxygen atoms in total. The monoisotopic (exact) mass is 191 g/mol. The van der Waals surface area contributed by atoms with Gasteiger partial charge >= 0.3 is 0 Å². The fourth-order valence-corrected chi connectivity index (χ4v) is 1.83. The van der Waals surface area contributed by atoms with Crippen LogP contribution >= 0.6 is 0 Å². The van der Waals surface area contributed by atoms with Crippen LogP contribution in [0.15, 0.2) is 18.3 Å². The van der Waals surface area contributed by atoms with E-state index in [1.807, 2.05) is 6.07 Å². The highest BCUT2D eigenvalue weighted by Gasteiger charge is 2.18. The van der Waals surface area contributed by atoms with E-state index in [4.69, 9.17) is 4.74 Å². The molecule has 2 rings (SSSR count). The fourth-order valence-electron chi connectivity index (χ4n) is 1.83. The van der Waals surface area contributed by atoms with Crippen molar-refractivity contribution in [3.63, 3.8) is 0 Å². The van der Waals surface area contributed by atoms with Gasteiger partial charge < -0.3 is 9.64 Å². The highest BCUT2D eigenvalue weighted by atomic mass is 16.5. The summed E-state index contributed by atoms with van der Waals surface area (Å²) in [6.07, 6.45) is 7.39. The molecule has 0 saturated carbocycles. The predicted molar refractivity (Wildman–Crippen MR) is 55.3 cm³/mol. The van der Waals surface area contributed by atoms with Gasteiger partial charge in [-0.25, -0.2) is 0 Å². The highest BCUT2D eigenvalue weighted by Crippen LogP contribution is 2.19. The van der Waals surface area contributed by atoms with Crippen molar-refractivity contribution in [2.75, 3.05) is 25.1 Å². The molecule has 0 unspecified atom stereocenters. The summed E-state index contributed by atoms with van der Waals surface area (Å²) >= 11 is 0. The zero-order chi connectivity index (χ0) is 9.80. The van der Waals surface area contributed by atoms with Gasteiger partial charge in [0.1, 0.15) is 6.20 Å². The number of methoxy groups -OCH3 is 1. The predicted octanol–water partition coefficient (Wildman–Crippen LogP) is 1.50. The van der Waals surface area contributed by atoms with Gasteiger partial charge in [0.05, 0.1) is 11.8 Å². The Morgan fingerprint density at radius 2 is 2.29 bits per heavy atom. The molecule has 1 aromatic heterocycles. The van der Waals surface area contributed by atoms with Crippen molar-refractivity contribution in [3.05, 3.63) is 24.5 Å². The summed E-state index contributed by atoms with van der Waals surface area (Å²) in [6, 6.07) is 4.01. The third-order valence-corrected chi connectivity index (χ3v) is 2.71. The summed E-state index contributed by atoms with van der Waals surface area (Å²) in [4.78, 5) is 6.31. The second-order valence-electron chi connectivity index (χ2n) is 3.56. The number of aromatic nitrogens is 1. The van der Waals surface area contributed by atoms with Crippen LogP contribution in [0, 0.1) is 6.20 Å². The van der Waals surface area contributed by atoms with Crippen LogP contribution in [0.2, 0.25) is 0 Å². The molecule has 0 atom stereocenters. The molecular weight excluding hydrogens is 176 g/mol. The molecular formula is C11H15N2O. The molecule has 1 saturated heterocycles. The molecule has 1 aromatic rings. The Kier molecular flexibility index (Phi) is 2.99. The number of nitrogens with zero attached hydrogens (tertiary/aromatic N) is 2. The van der Waals surface area contributed by atoms with Crippen LogP contribution in [0.5, 0.6) is 0 Å². The Labute approximate surface area is 84.7 Å². The lowest BCUT2D eigenvalue weighted by Gasteiger charge is -2.32. The molecule has 0 spiro atoms. The largest absolute Gasteiger partial charge is 0.381 e. The molecule has 1 aliphatic rings. The molecule has 2 heterocycles. The topological polar surface area (TPSA) is 25.4 Å². The number of pyridine rings is 1. The second kappa shape index (κ2) is 4.42. The summed E-state index contributed by atoms with van der Waals surface area (Å²) in [5.74, 6) is 0. The van der Waals surface area contributed by atoms with E-state index in [1.165, 1.54) is 0 Å². The van der Waals surface area contributed by atoms with E-state index in [9.17, 15) is 0 Å². The second-order valence-corrected chi connectivity index (χ2v) is 3.56. The van der Waals surface area contributed by atoms with E-state index in [-0.39, 0.29) is 0 Å². The number of piperidine rings is 1. The fraction of sp³-hybridized carbons (Fsp3) is 0.545. The lowest BCUT2D eigenvalue weighted by molar-refractivity contribution is 0.0819. The first-order valence-corrected chi connectivity index (χ1v) is 5.00. The average Bonchev–Trinajstić information content (AvgIpc) is 2.30. The SMILES string of the molecule is COC1CCN(c2[c]nccc2)CC1. The molecule has 14 heavy (non-hydrogen) atoms. The Morgan fingerprint density at radius 1 is 1.50 bits per heavy atom. The van der Waals surface area contributed by atoms with E-state index in [2.05, 4.69) is 22.1 Å². The van der Waals surface area contributed by atoms with Crippen LogP contribution in [0.4, 0.5) is 5.69 Å². The van der Waals surface area contributed by atoms with E-state index >= 15 is 0 Å². The maximum absolute atomic E-state index is 5.32. The summed E-state index contributed by atoms with van der Waals surface area (Å²) < 4.78 is 5.32. The van der Waals surface area contributed by atoms with Crippen LogP contribution in [-0.4, -0.2) is 31.3 Å². The average molecular weight is 191 g/mol. The normalized spacial score (nSPS) is 18.5. The van der Waals surface area contributed by atoms with Crippen molar-refractivity contribution in [1.82, 2.24) is 4.98 Å². The Balaban J connectivity index is 1.96. The first-order valence-electron chi connectivity index (χ1n) is 5.00. The molecule has 3 heteroatoms. The zero-order valence-corrected chi connectivity index (χ0v) is 8.44. The number of rotatable bonds is 2.